The molecule has 146 valence electrons. The molecule has 1 amide bonds. The normalized spacial score (nSPS) is 11.0. The fraction of sp³-hybridized carbons (Fsp3) is 0.190. The molecule has 3 aromatic heterocycles. The van der Waals surface area contributed by atoms with Crippen molar-refractivity contribution in [1.82, 2.24) is 24.7 Å². The fourth-order valence-electron chi connectivity index (χ4n) is 3.07. The van der Waals surface area contributed by atoms with Crippen LogP contribution in [0.15, 0.2) is 54.4 Å². The summed E-state index contributed by atoms with van der Waals surface area (Å²) in [5, 5.41) is 9.85. The zero-order valence-electron chi connectivity index (χ0n) is 16.3. The van der Waals surface area contributed by atoms with E-state index in [9.17, 15) is 4.79 Å². The molecule has 0 atom stereocenters. The Labute approximate surface area is 172 Å². The molecule has 29 heavy (non-hydrogen) atoms. The third-order valence-corrected chi connectivity index (χ3v) is 5.23. The number of anilines is 1. The molecule has 0 aliphatic rings. The van der Waals surface area contributed by atoms with E-state index >= 15 is 0 Å². The van der Waals surface area contributed by atoms with Gasteiger partial charge in [-0.3, -0.25) is 14.8 Å². The molecule has 0 unspecified atom stereocenters. The molecule has 3 heterocycles. The van der Waals surface area contributed by atoms with Crippen LogP contribution in [0, 0.1) is 6.92 Å². The Hall–Kier alpha value is -3.39. The molecule has 0 aliphatic heterocycles. The van der Waals surface area contributed by atoms with E-state index < -0.39 is 0 Å². The van der Waals surface area contributed by atoms with Crippen molar-refractivity contribution in [2.45, 2.75) is 26.7 Å². The van der Waals surface area contributed by atoms with Crippen LogP contribution < -0.4 is 5.32 Å². The number of aryl methyl sites for hydroxylation is 1. The SMILES string of the molecule is Cc1cccc(-n2ncc(NC(=O)c3csc(-c4cnccn4)n3)c2C(C)C)c1. The van der Waals surface area contributed by atoms with Gasteiger partial charge < -0.3 is 5.32 Å². The molecular formula is C21H20N6OS. The number of rotatable bonds is 5. The van der Waals surface area contributed by atoms with Gasteiger partial charge in [-0.2, -0.15) is 5.10 Å². The molecule has 1 aromatic carbocycles. The minimum atomic E-state index is -0.276. The second-order valence-electron chi connectivity index (χ2n) is 6.93. The lowest BCUT2D eigenvalue weighted by atomic mass is 10.1. The second kappa shape index (κ2) is 7.92. The van der Waals surface area contributed by atoms with E-state index in [0.29, 0.717) is 22.1 Å². The smallest absolute Gasteiger partial charge is 0.275 e. The highest BCUT2D eigenvalue weighted by atomic mass is 32.1. The third kappa shape index (κ3) is 3.93. The van der Waals surface area contributed by atoms with E-state index in [0.717, 1.165) is 16.9 Å². The van der Waals surface area contributed by atoms with Gasteiger partial charge in [0, 0.05) is 17.8 Å². The third-order valence-electron chi connectivity index (χ3n) is 4.37. The van der Waals surface area contributed by atoms with E-state index in [-0.39, 0.29) is 11.8 Å². The molecule has 7 nitrogen and oxygen atoms in total. The van der Waals surface area contributed by atoms with Gasteiger partial charge in [0.15, 0.2) is 0 Å². The van der Waals surface area contributed by atoms with Gasteiger partial charge in [0.2, 0.25) is 0 Å². The molecule has 0 bridgehead atoms. The zero-order valence-corrected chi connectivity index (χ0v) is 17.1. The number of hydrogen-bond donors (Lipinski definition) is 1. The van der Waals surface area contributed by atoms with Crippen LogP contribution in [-0.4, -0.2) is 30.6 Å². The first-order chi connectivity index (χ1) is 14.0. The largest absolute Gasteiger partial charge is 0.318 e. The van der Waals surface area contributed by atoms with Gasteiger partial charge in [0.25, 0.3) is 5.91 Å². The van der Waals surface area contributed by atoms with Gasteiger partial charge in [-0.25, -0.2) is 9.67 Å². The van der Waals surface area contributed by atoms with Crippen molar-refractivity contribution in [1.29, 1.82) is 0 Å². The van der Waals surface area contributed by atoms with Gasteiger partial charge in [-0.15, -0.1) is 11.3 Å². The molecule has 0 fully saturated rings. The number of amides is 1. The Balaban J connectivity index is 1.61. The highest BCUT2D eigenvalue weighted by Crippen LogP contribution is 2.28. The second-order valence-corrected chi connectivity index (χ2v) is 7.79. The fourth-order valence-corrected chi connectivity index (χ4v) is 3.83. The molecule has 4 rings (SSSR count). The summed E-state index contributed by atoms with van der Waals surface area (Å²) in [6, 6.07) is 8.11. The Morgan fingerprint density at radius 2 is 2.07 bits per heavy atom. The van der Waals surface area contributed by atoms with Crippen molar-refractivity contribution in [3.63, 3.8) is 0 Å². The average molecular weight is 404 g/mol. The summed E-state index contributed by atoms with van der Waals surface area (Å²) in [5.74, 6) is -0.110. The van der Waals surface area contributed by atoms with Crippen molar-refractivity contribution in [3.8, 4) is 16.4 Å². The van der Waals surface area contributed by atoms with Crippen molar-refractivity contribution < 1.29 is 4.79 Å². The minimum absolute atomic E-state index is 0.166. The van der Waals surface area contributed by atoms with Crippen LogP contribution in [0.25, 0.3) is 16.4 Å². The summed E-state index contributed by atoms with van der Waals surface area (Å²) in [5.41, 5.74) is 4.72. The number of nitrogens with zero attached hydrogens (tertiary/aromatic N) is 5. The first-order valence-electron chi connectivity index (χ1n) is 9.21. The predicted molar refractivity (Wildman–Crippen MR) is 113 cm³/mol. The number of thiazole rings is 1. The number of nitrogens with one attached hydrogen (secondary N) is 1. The lowest BCUT2D eigenvalue weighted by Crippen LogP contribution is -2.14. The molecule has 1 N–H and O–H groups in total. The predicted octanol–water partition coefficient (Wildman–Crippen LogP) is 4.47. The van der Waals surface area contributed by atoms with Gasteiger partial charge in [0.05, 0.1) is 29.5 Å². The lowest BCUT2D eigenvalue weighted by molar-refractivity contribution is 0.102. The maximum absolute atomic E-state index is 12.8. The summed E-state index contributed by atoms with van der Waals surface area (Å²) < 4.78 is 1.87. The van der Waals surface area contributed by atoms with E-state index in [1.165, 1.54) is 11.3 Å². The molecule has 0 saturated heterocycles. The molecular weight excluding hydrogens is 384 g/mol. The van der Waals surface area contributed by atoms with Gasteiger partial charge in [-0.05, 0) is 30.5 Å². The molecule has 0 spiro atoms. The summed E-state index contributed by atoms with van der Waals surface area (Å²) in [4.78, 5) is 25.5. The molecule has 0 radical (unpaired) electrons. The molecule has 4 aromatic rings. The number of carbonyl (C=O) groups is 1. The quantitative estimate of drug-likeness (QED) is 0.530. The Morgan fingerprint density at radius 1 is 1.21 bits per heavy atom. The Kier molecular flexibility index (Phi) is 5.18. The van der Waals surface area contributed by atoms with Gasteiger partial charge in [-0.1, -0.05) is 26.0 Å². The van der Waals surface area contributed by atoms with Crippen molar-refractivity contribution in [2.75, 3.05) is 5.32 Å². The average Bonchev–Trinajstić information content (AvgIpc) is 3.36. The van der Waals surface area contributed by atoms with Gasteiger partial charge >= 0.3 is 0 Å². The van der Waals surface area contributed by atoms with Crippen molar-refractivity contribution in [3.05, 3.63) is 71.4 Å². The highest BCUT2D eigenvalue weighted by molar-refractivity contribution is 7.13. The monoisotopic (exact) mass is 404 g/mol. The first kappa shape index (κ1) is 18.9. The number of hydrogen-bond acceptors (Lipinski definition) is 6. The van der Waals surface area contributed by atoms with Crippen LogP contribution in [0.1, 0.15) is 41.5 Å². The standard InChI is InChI=1S/C21H20N6OS/c1-13(2)19-16(11-24-27(19)15-6-4-5-14(3)9-15)25-20(28)18-12-29-21(26-18)17-10-22-7-8-23-17/h4-13H,1-3H3,(H,25,28). The molecule has 0 saturated carbocycles. The topological polar surface area (TPSA) is 85.6 Å². The number of carbonyl (C=O) groups excluding carboxylic acids is 1. The zero-order chi connectivity index (χ0) is 20.4. The lowest BCUT2D eigenvalue weighted by Gasteiger charge is -2.13. The maximum atomic E-state index is 12.8. The molecule has 0 aliphatic carbocycles. The van der Waals surface area contributed by atoms with Crippen LogP contribution >= 0.6 is 11.3 Å². The van der Waals surface area contributed by atoms with Crippen LogP contribution in [0.4, 0.5) is 5.69 Å². The summed E-state index contributed by atoms with van der Waals surface area (Å²) in [6.07, 6.45) is 6.52. The van der Waals surface area contributed by atoms with Crippen LogP contribution in [0.2, 0.25) is 0 Å². The summed E-state index contributed by atoms with van der Waals surface area (Å²) >= 11 is 1.36. The molecule has 8 heteroatoms. The van der Waals surface area contributed by atoms with E-state index in [1.54, 1.807) is 30.2 Å². The van der Waals surface area contributed by atoms with Gasteiger partial charge in [0.1, 0.15) is 16.4 Å². The maximum Gasteiger partial charge on any atom is 0.275 e. The number of aromatic nitrogens is 5. The van der Waals surface area contributed by atoms with Crippen molar-refractivity contribution in [2.24, 2.45) is 0 Å². The highest BCUT2D eigenvalue weighted by Gasteiger charge is 2.20. The Bertz CT molecular complexity index is 1150. The van der Waals surface area contributed by atoms with E-state index in [4.69, 9.17) is 0 Å². The van der Waals surface area contributed by atoms with Crippen molar-refractivity contribution >= 4 is 22.9 Å². The Morgan fingerprint density at radius 3 is 2.79 bits per heavy atom. The van der Waals surface area contributed by atoms with E-state index in [2.05, 4.69) is 45.3 Å². The number of benzene rings is 1. The van der Waals surface area contributed by atoms with Crippen LogP contribution in [0.5, 0.6) is 0 Å². The first-order valence-corrected chi connectivity index (χ1v) is 10.1. The van der Waals surface area contributed by atoms with Crippen LogP contribution in [-0.2, 0) is 0 Å². The minimum Gasteiger partial charge on any atom is -0.318 e. The summed E-state index contributed by atoms with van der Waals surface area (Å²) in [6.45, 7) is 6.20. The summed E-state index contributed by atoms with van der Waals surface area (Å²) in [7, 11) is 0. The van der Waals surface area contributed by atoms with E-state index in [1.807, 2.05) is 29.8 Å². The van der Waals surface area contributed by atoms with Crippen LogP contribution in [0.3, 0.4) is 0 Å².